The number of halogens is 1. The number of rotatable bonds is 5. The maximum absolute atomic E-state index is 14.1. The molecule has 0 bridgehead atoms. The molecule has 2 rings (SSSR count). The minimum atomic E-state index is -1.58. The number of aliphatic hydroxyl groups excluding tert-OH is 2. The third kappa shape index (κ3) is 2.38. The van der Waals surface area contributed by atoms with Crippen molar-refractivity contribution in [2.45, 2.75) is 18.3 Å². The summed E-state index contributed by atoms with van der Waals surface area (Å²) in [4.78, 5) is 0. The largest absolute Gasteiger partial charge is 0.464 e. The number of likely N-dealkylation sites (N-methyl/N-ethyl adjacent to an activating group) is 1. The monoisotopic (exact) mass is 253 g/mol. The summed E-state index contributed by atoms with van der Waals surface area (Å²) in [6.45, 7) is -0.332. The van der Waals surface area contributed by atoms with Gasteiger partial charge in [-0.3, -0.25) is 0 Å². The highest BCUT2D eigenvalue weighted by atomic mass is 19.1. The van der Waals surface area contributed by atoms with Crippen LogP contribution in [0, 0.1) is 0 Å². The molecule has 1 aromatic carbocycles. The lowest BCUT2D eigenvalue weighted by molar-refractivity contribution is 0.0273. The van der Waals surface area contributed by atoms with Gasteiger partial charge >= 0.3 is 0 Å². The molecule has 0 aliphatic carbocycles. The van der Waals surface area contributed by atoms with E-state index in [1.54, 1.807) is 31.3 Å². The first-order valence-corrected chi connectivity index (χ1v) is 5.74. The van der Waals surface area contributed by atoms with Crippen LogP contribution in [0.15, 0.2) is 34.9 Å². The zero-order valence-corrected chi connectivity index (χ0v) is 10.0. The standard InChI is InChI=1S/C13H16FNO3/c1-15-10(7-16)13(17)12(14)9-3-2-8-4-5-18-11(8)6-9/h2-6,10,12-13,15-17H,7H2,1H3. The van der Waals surface area contributed by atoms with Gasteiger partial charge in [0.15, 0.2) is 6.17 Å². The molecule has 0 amide bonds. The SMILES string of the molecule is CNC(CO)C(O)C(F)c1ccc2ccoc2c1. The van der Waals surface area contributed by atoms with Gasteiger partial charge in [-0.2, -0.15) is 0 Å². The molecule has 3 unspecified atom stereocenters. The third-order valence-corrected chi connectivity index (χ3v) is 3.08. The smallest absolute Gasteiger partial charge is 0.153 e. The number of benzene rings is 1. The van der Waals surface area contributed by atoms with Crippen molar-refractivity contribution in [3.8, 4) is 0 Å². The maximum Gasteiger partial charge on any atom is 0.153 e. The van der Waals surface area contributed by atoms with Gasteiger partial charge in [-0.15, -0.1) is 0 Å². The van der Waals surface area contributed by atoms with Crippen molar-refractivity contribution in [1.82, 2.24) is 5.32 Å². The van der Waals surface area contributed by atoms with Crippen molar-refractivity contribution in [2.24, 2.45) is 0 Å². The first-order chi connectivity index (χ1) is 8.67. The van der Waals surface area contributed by atoms with Crippen LogP contribution in [0.3, 0.4) is 0 Å². The van der Waals surface area contributed by atoms with Crippen LogP contribution in [0.1, 0.15) is 11.7 Å². The summed E-state index contributed by atoms with van der Waals surface area (Å²) < 4.78 is 19.3. The Kier molecular flexibility index (Phi) is 3.96. The van der Waals surface area contributed by atoms with E-state index in [1.807, 2.05) is 0 Å². The highest BCUT2D eigenvalue weighted by Crippen LogP contribution is 2.27. The van der Waals surface area contributed by atoms with Crippen LogP contribution in [-0.4, -0.2) is 36.0 Å². The molecule has 0 spiro atoms. The fraction of sp³-hybridized carbons (Fsp3) is 0.385. The van der Waals surface area contributed by atoms with Crippen molar-refractivity contribution in [2.75, 3.05) is 13.7 Å². The summed E-state index contributed by atoms with van der Waals surface area (Å²) in [6, 6.07) is 5.99. The average molecular weight is 253 g/mol. The van der Waals surface area contributed by atoms with Crippen LogP contribution in [0.2, 0.25) is 0 Å². The molecule has 1 aromatic heterocycles. The summed E-state index contributed by atoms with van der Waals surface area (Å²) in [7, 11) is 1.56. The van der Waals surface area contributed by atoms with Gasteiger partial charge < -0.3 is 19.9 Å². The summed E-state index contributed by atoms with van der Waals surface area (Å²) >= 11 is 0. The molecular weight excluding hydrogens is 237 g/mol. The molecule has 0 aliphatic heterocycles. The molecule has 98 valence electrons. The normalized spacial score (nSPS) is 16.7. The second-order valence-electron chi connectivity index (χ2n) is 4.19. The van der Waals surface area contributed by atoms with Gasteiger partial charge in [-0.1, -0.05) is 12.1 Å². The Morgan fingerprint density at radius 3 is 2.83 bits per heavy atom. The Balaban J connectivity index is 2.23. The molecule has 1 heterocycles. The van der Waals surface area contributed by atoms with Gasteiger partial charge in [0, 0.05) is 5.39 Å². The fourth-order valence-electron chi connectivity index (χ4n) is 1.91. The lowest BCUT2D eigenvalue weighted by atomic mass is 10.00. The minimum absolute atomic E-state index is 0.332. The Labute approximate surface area is 104 Å². The van der Waals surface area contributed by atoms with Gasteiger partial charge in [-0.05, 0) is 24.7 Å². The summed E-state index contributed by atoms with van der Waals surface area (Å²) in [5.74, 6) is 0. The fourth-order valence-corrected chi connectivity index (χ4v) is 1.91. The Morgan fingerprint density at radius 2 is 2.17 bits per heavy atom. The van der Waals surface area contributed by atoms with E-state index in [2.05, 4.69) is 5.32 Å². The first kappa shape index (κ1) is 13.0. The Morgan fingerprint density at radius 1 is 1.39 bits per heavy atom. The maximum atomic E-state index is 14.1. The van der Waals surface area contributed by atoms with Crippen molar-refractivity contribution in [3.63, 3.8) is 0 Å². The molecule has 4 nitrogen and oxygen atoms in total. The van der Waals surface area contributed by atoms with Crippen molar-refractivity contribution < 1.29 is 19.0 Å². The lowest BCUT2D eigenvalue weighted by Gasteiger charge is -2.23. The average Bonchev–Trinajstić information content (AvgIpc) is 2.86. The predicted molar refractivity (Wildman–Crippen MR) is 66.0 cm³/mol. The quantitative estimate of drug-likeness (QED) is 0.753. The second kappa shape index (κ2) is 5.48. The van der Waals surface area contributed by atoms with Gasteiger partial charge in [0.25, 0.3) is 0 Å². The molecular formula is C13H16FNO3. The van der Waals surface area contributed by atoms with Crippen molar-refractivity contribution in [1.29, 1.82) is 0 Å². The van der Waals surface area contributed by atoms with E-state index in [0.717, 1.165) is 5.39 Å². The highest BCUT2D eigenvalue weighted by Gasteiger charge is 2.27. The summed E-state index contributed by atoms with van der Waals surface area (Å²) in [5, 5.41) is 22.4. The number of hydrogen-bond acceptors (Lipinski definition) is 4. The van der Waals surface area contributed by atoms with Crippen LogP contribution in [0.25, 0.3) is 11.0 Å². The van der Waals surface area contributed by atoms with E-state index in [9.17, 15) is 9.50 Å². The molecule has 0 aliphatic rings. The number of furan rings is 1. The Bertz CT molecular complexity index is 510. The van der Waals surface area contributed by atoms with E-state index in [0.29, 0.717) is 11.1 Å². The molecule has 18 heavy (non-hydrogen) atoms. The first-order valence-electron chi connectivity index (χ1n) is 5.74. The van der Waals surface area contributed by atoms with E-state index >= 15 is 0 Å². The summed E-state index contributed by atoms with van der Waals surface area (Å²) in [6.07, 6.45) is -1.36. The topological polar surface area (TPSA) is 65.6 Å². The molecule has 3 atom stereocenters. The van der Waals surface area contributed by atoms with Gasteiger partial charge in [0.05, 0.1) is 18.9 Å². The van der Waals surface area contributed by atoms with Crippen LogP contribution in [0.5, 0.6) is 0 Å². The number of hydrogen-bond donors (Lipinski definition) is 3. The van der Waals surface area contributed by atoms with E-state index in [4.69, 9.17) is 9.52 Å². The third-order valence-electron chi connectivity index (χ3n) is 3.08. The summed E-state index contributed by atoms with van der Waals surface area (Å²) in [5.41, 5.74) is 0.908. The van der Waals surface area contributed by atoms with Crippen LogP contribution in [-0.2, 0) is 0 Å². The molecule has 2 aromatic rings. The molecule has 5 heteroatoms. The lowest BCUT2D eigenvalue weighted by Crippen LogP contribution is -2.43. The minimum Gasteiger partial charge on any atom is -0.464 e. The number of nitrogens with one attached hydrogen (secondary N) is 1. The Hall–Kier alpha value is -1.43. The van der Waals surface area contributed by atoms with Crippen LogP contribution < -0.4 is 5.32 Å². The highest BCUT2D eigenvalue weighted by molar-refractivity contribution is 5.77. The van der Waals surface area contributed by atoms with Crippen molar-refractivity contribution >= 4 is 11.0 Å². The molecule has 0 saturated carbocycles. The van der Waals surface area contributed by atoms with E-state index < -0.39 is 18.3 Å². The van der Waals surface area contributed by atoms with Gasteiger partial charge in [0.2, 0.25) is 0 Å². The molecule has 0 fully saturated rings. The molecule has 3 N–H and O–H groups in total. The second-order valence-corrected chi connectivity index (χ2v) is 4.19. The zero-order valence-electron chi connectivity index (χ0n) is 10.0. The van der Waals surface area contributed by atoms with Crippen LogP contribution >= 0.6 is 0 Å². The zero-order chi connectivity index (χ0) is 13.1. The van der Waals surface area contributed by atoms with E-state index in [-0.39, 0.29) is 6.61 Å². The number of fused-ring (bicyclic) bond motifs is 1. The van der Waals surface area contributed by atoms with Gasteiger partial charge in [-0.25, -0.2) is 4.39 Å². The number of alkyl halides is 1. The predicted octanol–water partition coefficient (Wildman–Crippen LogP) is 1.38. The van der Waals surface area contributed by atoms with Crippen molar-refractivity contribution in [3.05, 3.63) is 36.1 Å². The molecule has 0 radical (unpaired) electrons. The van der Waals surface area contributed by atoms with E-state index in [1.165, 1.54) is 6.26 Å². The van der Waals surface area contributed by atoms with Crippen LogP contribution in [0.4, 0.5) is 4.39 Å². The van der Waals surface area contributed by atoms with Gasteiger partial charge in [0.1, 0.15) is 11.7 Å². The number of aliphatic hydroxyl groups is 2. The molecule has 0 saturated heterocycles.